The lowest BCUT2D eigenvalue weighted by Crippen LogP contribution is -2.29. The molecule has 0 bridgehead atoms. The molecule has 0 saturated carbocycles. The summed E-state index contributed by atoms with van der Waals surface area (Å²) in [5.74, 6) is 1.62. The Kier molecular flexibility index (Phi) is 6.07. The van der Waals surface area contributed by atoms with Gasteiger partial charge in [0.2, 0.25) is 0 Å². The van der Waals surface area contributed by atoms with E-state index in [1.165, 1.54) is 5.56 Å². The third-order valence-corrected chi connectivity index (χ3v) is 6.82. The first kappa shape index (κ1) is 21.6. The lowest BCUT2D eigenvalue weighted by atomic mass is 10.0. The topological polar surface area (TPSA) is 50.5 Å². The molecule has 166 valence electrons. The van der Waals surface area contributed by atoms with E-state index in [2.05, 4.69) is 46.4 Å². The largest absolute Gasteiger partial charge is 0.497 e. The summed E-state index contributed by atoms with van der Waals surface area (Å²) in [7, 11) is 1.66. The molecular formula is C26H23N3O2S2. The minimum Gasteiger partial charge on any atom is -0.497 e. The number of anilines is 1. The normalized spacial score (nSPS) is 17.8. The van der Waals surface area contributed by atoms with Crippen LogP contribution in [0.5, 0.6) is 5.75 Å². The zero-order valence-electron chi connectivity index (χ0n) is 18.3. The van der Waals surface area contributed by atoms with Gasteiger partial charge in [0.25, 0.3) is 0 Å². The first-order valence-corrected chi connectivity index (χ1v) is 11.8. The van der Waals surface area contributed by atoms with Crippen molar-refractivity contribution in [3.8, 4) is 5.75 Å². The first-order chi connectivity index (χ1) is 16.1. The van der Waals surface area contributed by atoms with Gasteiger partial charge in [-0.2, -0.15) is 0 Å². The van der Waals surface area contributed by atoms with E-state index in [4.69, 9.17) is 21.4 Å². The van der Waals surface area contributed by atoms with E-state index in [1.807, 2.05) is 54.6 Å². The average molecular weight is 474 g/mol. The third kappa shape index (κ3) is 4.47. The van der Waals surface area contributed by atoms with E-state index in [9.17, 15) is 0 Å². The van der Waals surface area contributed by atoms with Crippen LogP contribution in [-0.4, -0.2) is 17.2 Å². The number of nitrogens with one attached hydrogen (secondary N) is 1. The molecule has 4 aromatic rings. The molecule has 2 aromatic carbocycles. The second-order valence-corrected chi connectivity index (χ2v) is 9.23. The zero-order chi connectivity index (χ0) is 22.8. The quantitative estimate of drug-likeness (QED) is 0.329. The van der Waals surface area contributed by atoms with Crippen molar-refractivity contribution < 1.29 is 9.15 Å². The van der Waals surface area contributed by atoms with E-state index in [0.29, 0.717) is 5.11 Å². The van der Waals surface area contributed by atoms with Crippen LogP contribution in [0.4, 0.5) is 5.69 Å². The maximum absolute atomic E-state index is 6.37. The maximum Gasteiger partial charge on any atom is 0.174 e. The smallest absolute Gasteiger partial charge is 0.174 e. The van der Waals surface area contributed by atoms with Crippen molar-refractivity contribution in [2.45, 2.75) is 29.0 Å². The number of methoxy groups -OCH3 is 1. The third-order valence-electron chi connectivity index (χ3n) is 5.58. The highest BCUT2D eigenvalue weighted by Gasteiger charge is 2.42. The maximum atomic E-state index is 6.37. The highest BCUT2D eigenvalue weighted by atomic mass is 32.2. The van der Waals surface area contributed by atoms with Gasteiger partial charge in [0, 0.05) is 16.8 Å². The summed E-state index contributed by atoms with van der Waals surface area (Å²) in [5, 5.41) is 4.92. The Labute approximate surface area is 202 Å². The second kappa shape index (κ2) is 9.29. The Bertz CT molecular complexity index is 1240. The Morgan fingerprint density at radius 1 is 1.00 bits per heavy atom. The van der Waals surface area contributed by atoms with Crippen LogP contribution in [0.3, 0.4) is 0 Å². The molecule has 2 aromatic heterocycles. The van der Waals surface area contributed by atoms with Crippen molar-refractivity contribution in [1.82, 2.24) is 10.3 Å². The van der Waals surface area contributed by atoms with Crippen molar-refractivity contribution in [3.05, 3.63) is 102 Å². The fraction of sp³-hybridized carbons (Fsp3) is 0.154. The second-order valence-electron chi connectivity index (χ2n) is 7.77. The van der Waals surface area contributed by atoms with Gasteiger partial charge in [-0.25, -0.2) is 0 Å². The van der Waals surface area contributed by atoms with Crippen molar-refractivity contribution >= 4 is 34.8 Å². The van der Waals surface area contributed by atoms with Gasteiger partial charge in [-0.05, 0) is 79.8 Å². The molecule has 1 N–H and O–H groups in total. The fourth-order valence-corrected chi connectivity index (χ4v) is 5.06. The summed E-state index contributed by atoms with van der Waals surface area (Å²) in [6.07, 6.45) is 1.80. The van der Waals surface area contributed by atoms with E-state index < -0.39 is 0 Å². The molecule has 1 saturated heterocycles. The van der Waals surface area contributed by atoms with Gasteiger partial charge in [-0.15, -0.1) is 0 Å². The summed E-state index contributed by atoms with van der Waals surface area (Å²) in [6, 6.07) is 25.9. The van der Waals surface area contributed by atoms with Crippen LogP contribution in [0.2, 0.25) is 0 Å². The molecule has 0 radical (unpaired) electrons. The number of aryl methyl sites for hydroxylation is 1. The number of aromatic nitrogens is 1. The number of furan rings is 1. The number of hydrogen-bond acceptors (Lipinski definition) is 5. The van der Waals surface area contributed by atoms with Gasteiger partial charge in [0.15, 0.2) is 10.2 Å². The van der Waals surface area contributed by atoms with Gasteiger partial charge in [0.05, 0.1) is 18.8 Å². The van der Waals surface area contributed by atoms with E-state index in [1.54, 1.807) is 25.1 Å². The Morgan fingerprint density at radius 2 is 1.79 bits per heavy atom. The predicted octanol–water partition coefficient (Wildman–Crippen LogP) is 6.32. The molecule has 2 atom stereocenters. The minimum atomic E-state index is -0.187. The van der Waals surface area contributed by atoms with Crippen molar-refractivity contribution in [2.24, 2.45) is 0 Å². The number of hydrogen-bond donors (Lipinski definition) is 1. The molecule has 3 heterocycles. The molecular weight excluding hydrogens is 450 g/mol. The first-order valence-electron chi connectivity index (χ1n) is 10.6. The number of ether oxygens (including phenoxy) is 1. The van der Waals surface area contributed by atoms with Crippen LogP contribution in [0.25, 0.3) is 0 Å². The van der Waals surface area contributed by atoms with Crippen molar-refractivity contribution in [2.75, 3.05) is 12.0 Å². The van der Waals surface area contributed by atoms with Gasteiger partial charge >= 0.3 is 0 Å². The van der Waals surface area contributed by atoms with Crippen LogP contribution in [0, 0.1) is 6.92 Å². The monoisotopic (exact) mass is 473 g/mol. The molecule has 5 nitrogen and oxygen atoms in total. The lowest BCUT2D eigenvalue weighted by Gasteiger charge is -2.26. The highest BCUT2D eigenvalue weighted by molar-refractivity contribution is 7.99. The highest BCUT2D eigenvalue weighted by Crippen LogP contribution is 2.43. The molecule has 1 aliphatic rings. The average Bonchev–Trinajstić information content (AvgIpc) is 3.45. The van der Waals surface area contributed by atoms with E-state index in [-0.39, 0.29) is 12.1 Å². The zero-order valence-corrected chi connectivity index (χ0v) is 19.9. The van der Waals surface area contributed by atoms with Crippen LogP contribution < -0.4 is 15.0 Å². The van der Waals surface area contributed by atoms with E-state index in [0.717, 1.165) is 32.9 Å². The molecule has 7 heteroatoms. The minimum absolute atomic E-state index is 0.149. The van der Waals surface area contributed by atoms with Crippen molar-refractivity contribution in [3.63, 3.8) is 0 Å². The summed E-state index contributed by atoms with van der Waals surface area (Å²) >= 11 is 7.38. The summed E-state index contributed by atoms with van der Waals surface area (Å²) in [5.41, 5.74) is 3.10. The standard InChI is InChI=1S/C26H23N3O2S2/c1-17-6-12-20(13-7-17)33-23-15-14-22(31-23)25-24(21-5-3-4-16-27-21)28-26(32)29(25)18-8-10-19(30-2)11-9-18/h3-16,24-25H,1-2H3,(H,28,32)/t24-,25+/m0/s1. The molecule has 0 amide bonds. The van der Waals surface area contributed by atoms with Gasteiger partial charge in [0.1, 0.15) is 17.6 Å². The number of benzene rings is 2. The molecule has 5 rings (SSSR count). The summed E-state index contributed by atoms with van der Waals surface area (Å²) in [6.45, 7) is 2.08. The fourth-order valence-electron chi connectivity index (χ4n) is 3.94. The van der Waals surface area contributed by atoms with E-state index >= 15 is 0 Å². The number of rotatable bonds is 6. The van der Waals surface area contributed by atoms with Crippen LogP contribution in [-0.2, 0) is 0 Å². The van der Waals surface area contributed by atoms with Gasteiger partial charge in [-0.3, -0.25) is 4.98 Å². The lowest BCUT2D eigenvalue weighted by molar-refractivity contribution is 0.383. The predicted molar refractivity (Wildman–Crippen MR) is 135 cm³/mol. The van der Waals surface area contributed by atoms with Gasteiger partial charge < -0.3 is 19.4 Å². The van der Waals surface area contributed by atoms with Crippen molar-refractivity contribution in [1.29, 1.82) is 0 Å². The van der Waals surface area contributed by atoms with Crippen LogP contribution in [0.1, 0.15) is 29.1 Å². The molecule has 1 fully saturated rings. The number of thiocarbonyl (C=S) groups is 1. The molecule has 0 spiro atoms. The number of nitrogens with zero attached hydrogens (tertiary/aromatic N) is 2. The molecule has 33 heavy (non-hydrogen) atoms. The Morgan fingerprint density at radius 3 is 2.48 bits per heavy atom. The van der Waals surface area contributed by atoms with Gasteiger partial charge in [-0.1, -0.05) is 35.5 Å². The Balaban J connectivity index is 1.51. The summed E-state index contributed by atoms with van der Waals surface area (Å²) < 4.78 is 11.7. The Hall–Kier alpha value is -3.29. The molecule has 0 unspecified atom stereocenters. The van der Waals surface area contributed by atoms with Crippen LogP contribution in [0.15, 0.2) is 99.5 Å². The SMILES string of the molecule is COc1ccc(N2C(=S)N[C@@H](c3ccccn3)[C@H]2c2ccc(Sc3ccc(C)cc3)o2)cc1. The number of pyridine rings is 1. The molecule has 1 aliphatic heterocycles. The van der Waals surface area contributed by atoms with Crippen LogP contribution >= 0.6 is 24.0 Å². The summed E-state index contributed by atoms with van der Waals surface area (Å²) in [4.78, 5) is 7.82. The molecule has 0 aliphatic carbocycles.